The van der Waals surface area contributed by atoms with E-state index in [0.29, 0.717) is 6.04 Å². The fraction of sp³-hybridized carbons (Fsp3) is 0.467. The number of nitrogens with one attached hydrogen (secondary N) is 1. The highest BCUT2D eigenvalue weighted by Crippen LogP contribution is 2.31. The lowest BCUT2D eigenvalue weighted by atomic mass is 9.99. The molecule has 1 N–H and O–H groups in total. The van der Waals surface area contributed by atoms with Crippen LogP contribution < -0.4 is 0 Å². The number of aromatic nitrogens is 4. The van der Waals surface area contributed by atoms with Crippen LogP contribution in [0.2, 0.25) is 0 Å². The van der Waals surface area contributed by atoms with Gasteiger partial charge in [-0.2, -0.15) is 5.10 Å². The van der Waals surface area contributed by atoms with Crippen LogP contribution in [0.4, 0.5) is 0 Å². The van der Waals surface area contributed by atoms with Crippen molar-refractivity contribution in [1.82, 2.24) is 24.5 Å². The van der Waals surface area contributed by atoms with E-state index < -0.39 is 0 Å². The van der Waals surface area contributed by atoms with Gasteiger partial charge < -0.3 is 0 Å². The number of aryl methyl sites for hydroxylation is 1. The highest BCUT2D eigenvalue weighted by atomic mass is 32.1. The van der Waals surface area contributed by atoms with Crippen LogP contribution in [-0.4, -0.2) is 31.0 Å². The summed E-state index contributed by atoms with van der Waals surface area (Å²) < 4.78 is 2.23. The van der Waals surface area contributed by atoms with Gasteiger partial charge in [0.15, 0.2) is 4.96 Å². The zero-order valence-electron chi connectivity index (χ0n) is 12.1. The van der Waals surface area contributed by atoms with Gasteiger partial charge in [-0.15, -0.1) is 11.3 Å². The van der Waals surface area contributed by atoms with Crippen LogP contribution in [0.3, 0.4) is 0 Å². The monoisotopic (exact) mass is 301 g/mol. The largest absolute Gasteiger partial charge is 0.293 e. The molecule has 1 aliphatic rings. The van der Waals surface area contributed by atoms with E-state index in [0.717, 1.165) is 23.7 Å². The van der Waals surface area contributed by atoms with E-state index in [1.54, 1.807) is 11.3 Å². The normalized spacial score (nSPS) is 20.3. The molecule has 6 heteroatoms. The SMILES string of the molecule is Cc1nc2sccn2c1CN1CCCCC1c1ccn[nH]1. The molecular formula is C15H19N5S. The van der Waals surface area contributed by atoms with Crippen molar-refractivity contribution in [2.75, 3.05) is 6.54 Å². The maximum atomic E-state index is 4.66. The van der Waals surface area contributed by atoms with Gasteiger partial charge in [0.25, 0.3) is 0 Å². The summed E-state index contributed by atoms with van der Waals surface area (Å²) in [4.78, 5) is 8.32. The molecule has 0 radical (unpaired) electrons. The predicted octanol–water partition coefficient (Wildman–Crippen LogP) is 3.15. The Morgan fingerprint density at radius 2 is 2.38 bits per heavy atom. The molecule has 3 aromatic heterocycles. The number of nitrogens with zero attached hydrogens (tertiary/aromatic N) is 4. The summed E-state index contributed by atoms with van der Waals surface area (Å²) in [6, 6.07) is 2.55. The second kappa shape index (κ2) is 5.27. The minimum atomic E-state index is 0.449. The smallest absolute Gasteiger partial charge is 0.194 e. The Morgan fingerprint density at radius 3 is 3.24 bits per heavy atom. The van der Waals surface area contributed by atoms with E-state index in [1.165, 1.54) is 30.7 Å². The summed E-state index contributed by atoms with van der Waals surface area (Å²) in [6.45, 7) is 4.21. The van der Waals surface area contributed by atoms with Crippen molar-refractivity contribution in [3.63, 3.8) is 0 Å². The van der Waals surface area contributed by atoms with Crippen molar-refractivity contribution in [3.8, 4) is 0 Å². The summed E-state index contributed by atoms with van der Waals surface area (Å²) in [5, 5.41) is 9.38. The number of rotatable bonds is 3. The molecule has 0 bridgehead atoms. The van der Waals surface area contributed by atoms with E-state index in [-0.39, 0.29) is 0 Å². The zero-order valence-corrected chi connectivity index (χ0v) is 12.9. The Morgan fingerprint density at radius 1 is 1.43 bits per heavy atom. The number of thiazole rings is 1. The van der Waals surface area contributed by atoms with Crippen LogP contribution in [0.5, 0.6) is 0 Å². The molecule has 1 fully saturated rings. The summed E-state index contributed by atoms with van der Waals surface area (Å²) in [6.07, 6.45) is 7.75. The predicted molar refractivity (Wildman–Crippen MR) is 83.4 cm³/mol. The molecule has 1 saturated heterocycles. The third kappa shape index (κ3) is 2.28. The van der Waals surface area contributed by atoms with Gasteiger partial charge >= 0.3 is 0 Å². The number of H-pyrrole nitrogens is 1. The lowest BCUT2D eigenvalue weighted by molar-refractivity contribution is 0.135. The fourth-order valence-corrected chi connectivity index (χ4v) is 4.09. The van der Waals surface area contributed by atoms with Crippen molar-refractivity contribution in [2.45, 2.75) is 38.8 Å². The lowest BCUT2D eigenvalue weighted by Gasteiger charge is -2.34. The van der Waals surface area contributed by atoms with Crippen LogP contribution in [0, 0.1) is 6.92 Å². The van der Waals surface area contributed by atoms with Crippen LogP contribution >= 0.6 is 11.3 Å². The Kier molecular flexibility index (Phi) is 3.27. The maximum absolute atomic E-state index is 4.66. The number of likely N-dealkylation sites (tertiary alicyclic amines) is 1. The molecular weight excluding hydrogens is 282 g/mol. The van der Waals surface area contributed by atoms with Crippen LogP contribution in [0.1, 0.15) is 42.4 Å². The number of fused-ring (bicyclic) bond motifs is 1. The molecule has 4 rings (SSSR count). The maximum Gasteiger partial charge on any atom is 0.194 e. The van der Waals surface area contributed by atoms with Crippen molar-refractivity contribution < 1.29 is 0 Å². The first-order valence-corrected chi connectivity index (χ1v) is 8.35. The number of imidazole rings is 1. The van der Waals surface area contributed by atoms with E-state index in [2.05, 4.69) is 49.0 Å². The lowest BCUT2D eigenvalue weighted by Crippen LogP contribution is -2.33. The number of piperidine rings is 1. The van der Waals surface area contributed by atoms with Gasteiger partial charge in [-0.05, 0) is 32.4 Å². The standard InChI is InChI=1S/C15H19N5S/c1-11-14(20-8-9-21-15(20)17-11)10-19-7-3-2-4-13(19)12-5-6-16-18-12/h5-6,8-9,13H,2-4,7,10H2,1H3,(H,16,18). The Labute approximate surface area is 127 Å². The number of hydrogen-bond donors (Lipinski definition) is 1. The molecule has 0 saturated carbocycles. The first-order valence-electron chi connectivity index (χ1n) is 7.47. The van der Waals surface area contributed by atoms with E-state index >= 15 is 0 Å². The average molecular weight is 301 g/mol. The fourth-order valence-electron chi connectivity index (χ4n) is 3.31. The molecule has 0 aromatic carbocycles. The molecule has 1 atom stereocenters. The second-order valence-electron chi connectivity index (χ2n) is 5.69. The third-order valence-corrected chi connectivity index (χ3v) is 5.17. The van der Waals surface area contributed by atoms with E-state index in [1.807, 2.05) is 6.20 Å². The van der Waals surface area contributed by atoms with Gasteiger partial charge in [-0.3, -0.25) is 14.4 Å². The van der Waals surface area contributed by atoms with Crippen molar-refractivity contribution in [3.05, 3.63) is 40.9 Å². The molecule has 0 amide bonds. The highest BCUT2D eigenvalue weighted by molar-refractivity contribution is 7.15. The third-order valence-electron chi connectivity index (χ3n) is 4.41. The molecule has 1 aliphatic heterocycles. The number of aromatic amines is 1. The first kappa shape index (κ1) is 13.0. The molecule has 1 unspecified atom stereocenters. The van der Waals surface area contributed by atoms with Gasteiger partial charge in [0.1, 0.15) is 0 Å². The topological polar surface area (TPSA) is 49.2 Å². The van der Waals surface area contributed by atoms with Crippen molar-refractivity contribution in [1.29, 1.82) is 0 Å². The van der Waals surface area contributed by atoms with Crippen molar-refractivity contribution in [2.24, 2.45) is 0 Å². The highest BCUT2D eigenvalue weighted by Gasteiger charge is 2.26. The van der Waals surface area contributed by atoms with Crippen LogP contribution in [-0.2, 0) is 6.54 Å². The van der Waals surface area contributed by atoms with Gasteiger partial charge in [-0.25, -0.2) is 4.98 Å². The first-order chi connectivity index (χ1) is 10.3. The quantitative estimate of drug-likeness (QED) is 0.808. The Hall–Kier alpha value is -1.66. The summed E-state index contributed by atoms with van der Waals surface area (Å²) in [7, 11) is 0. The molecule has 21 heavy (non-hydrogen) atoms. The Bertz CT molecular complexity index is 727. The summed E-state index contributed by atoms with van der Waals surface area (Å²) in [5.74, 6) is 0. The van der Waals surface area contributed by atoms with Gasteiger partial charge in [0, 0.05) is 24.3 Å². The molecule has 0 spiro atoms. The molecule has 4 heterocycles. The summed E-state index contributed by atoms with van der Waals surface area (Å²) >= 11 is 1.70. The Balaban J connectivity index is 1.65. The van der Waals surface area contributed by atoms with E-state index in [4.69, 9.17) is 0 Å². The minimum absolute atomic E-state index is 0.449. The van der Waals surface area contributed by atoms with Gasteiger partial charge in [-0.1, -0.05) is 6.42 Å². The van der Waals surface area contributed by atoms with Gasteiger partial charge in [0.2, 0.25) is 0 Å². The second-order valence-corrected chi connectivity index (χ2v) is 6.57. The zero-order chi connectivity index (χ0) is 14.2. The van der Waals surface area contributed by atoms with Crippen LogP contribution in [0.15, 0.2) is 23.8 Å². The summed E-state index contributed by atoms with van der Waals surface area (Å²) in [5.41, 5.74) is 3.70. The molecule has 3 aromatic rings. The average Bonchev–Trinajstić information content (AvgIpc) is 3.20. The van der Waals surface area contributed by atoms with E-state index in [9.17, 15) is 0 Å². The van der Waals surface area contributed by atoms with Crippen LogP contribution in [0.25, 0.3) is 4.96 Å². The molecule has 5 nitrogen and oxygen atoms in total. The molecule has 0 aliphatic carbocycles. The number of hydrogen-bond acceptors (Lipinski definition) is 4. The minimum Gasteiger partial charge on any atom is -0.293 e. The van der Waals surface area contributed by atoms with Gasteiger partial charge in [0.05, 0.1) is 23.1 Å². The molecule has 110 valence electrons. The van der Waals surface area contributed by atoms with Crippen molar-refractivity contribution >= 4 is 16.3 Å².